The Kier molecular flexibility index (Phi) is 6.45. The Balaban J connectivity index is 1.93. The first kappa shape index (κ1) is 17.8. The minimum atomic E-state index is -0.0733. The summed E-state index contributed by atoms with van der Waals surface area (Å²) in [4.78, 5) is 14.0. The normalized spacial score (nSPS) is 10.7. The molecule has 0 aromatic heterocycles. The number of nitrogens with one attached hydrogen (secondary N) is 1. The predicted octanol–water partition coefficient (Wildman–Crippen LogP) is 4.18. The number of rotatable bonds is 6. The van der Waals surface area contributed by atoms with Crippen LogP contribution in [0.2, 0.25) is 5.02 Å². The molecule has 0 heterocycles. The van der Waals surface area contributed by atoms with Gasteiger partial charge in [-0.1, -0.05) is 27.5 Å². The lowest BCUT2D eigenvalue weighted by Crippen LogP contribution is -2.29. The van der Waals surface area contributed by atoms with Crippen molar-refractivity contribution in [3.8, 4) is 5.75 Å². The van der Waals surface area contributed by atoms with Crippen LogP contribution in [0.25, 0.3) is 0 Å². The maximum Gasteiger partial charge on any atom is 0.238 e. The molecule has 2 aromatic rings. The molecule has 0 atom stereocenters. The fraction of sp³-hybridized carbons (Fsp3) is 0.235. The van der Waals surface area contributed by atoms with Crippen LogP contribution >= 0.6 is 27.5 Å². The summed E-state index contributed by atoms with van der Waals surface area (Å²) in [7, 11) is 3.49. The number of carbonyl (C=O) groups excluding carboxylic acids is 1. The molecule has 0 aliphatic rings. The standard InChI is InChI=1S/C17H18BrClN2O2/c1-21(10-12-9-14(19)5-8-16(12)23-2)11-17(22)20-15-6-3-13(18)4-7-15/h3-9H,10-11H2,1-2H3,(H,20,22). The third-order valence-electron chi connectivity index (χ3n) is 3.22. The van der Waals surface area contributed by atoms with Crippen molar-refractivity contribution in [3.63, 3.8) is 0 Å². The number of amides is 1. The summed E-state index contributed by atoms with van der Waals surface area (Å²) in [5.74, 6) is 0.686. The van der Waals surface area contributed by atoms with Crippen LogP contribution in [0.4, 0.5) is 5.69 Å². The molecule has 1 N–H and O–H groups in total. The third-order valence-corrected chi connectivity index (χ3v) is 3.99. The van der Waals surface area contributed by atoms with Crippen molar-refractivity contribution in [2.75, 3.05) is 26.0 Å². The van der Waals surface area contributed by atoms with Crippen molar-refractivity contribution in [2.24, 2.45) is 0 Å². The number of benzene rings is 2. The molecule has 0 saturated heterocycles. The molecule has 23 heavy (non-hydrogen) atoms. The van der Waals surface area contributed by atoms with Crippen LogP contribution in [0.1, 0.15) is 5.56 Å². The first-order valence-corrected chi connectivity index (χ1v) is 8.21. The second-order valence-electron chi connectivity index (χ2n) is 5.18. The van der Waals surface area contributed by atoms with Gasteiger partial charge in [0.25, 0.3) is 0 Å². The van der Waals surface area contributed by atoms with Crippen LogP contribution in [0.5, 0.6) is 5.75 Å². The number of anilines is 1. The second-order valence-corrected chi connectivity index (χ2v) is 6.54. The van der Waals surface area contributed by atoms with Crippen molar-refractivity contribution >= 4 is 39.1 Å². The zero-order valence-corrected chi connectivity index (χ0v) is 15.3. The highest BCUT2D eigenvalue weighted by atomic mass is 79.9. The number of hydrogen-bond acceptors (Lipinski definition) is 3. The molecule has 1 amide bonds. The molecule has 0 saturated carbocycles. The van der Waals surface area contributed by atoms with E-state index < -0.39 is 0 Å². The first-order chi connectivity index (χ1) is 11.0. The van der Waals surface area contributed by atoms with Crippen molar-refractivity contribution in [2.45, 2.75) is 6.54 Å². The van der Waals surface area contributed by atoms with Gasteiger partial charge in [-0.2, -0.15) is 0 Å². The Morgan fingerprint density at radius 3 is 2.61 bits per heavy atom. The lowest BCUT2D eigenvalue weighted by atomic mass is 10.2. The maximum atomic E-state index is 12.1. The molecule has 6 heteroatoms. The topological polar surface area (TPSA) is 41.6 Å². The number of hydrogen-bond donors (Lipinski definition) is 1. The van der Waals surface area contributed by atoms with Crippen molar-refractivity contribution in [1.82, 2.24) is 4.90 Å². The van der Waals surface area contributed by atoms with Gasteiger partial charge in [-0.05, 0) is 49.5 Å². The Hall–Kier alpha value is -1.56. The van der Waals surface area contributed by atoms with Gasteiger partial charge in [0.1, 0.15) is 5.75 Å². The highest BCUT2D eigenvalue weighted by Gasteiger charge is 2.11. The van der Waals surface area contributed by atoms with E-state index in [1.165, 1.54) is 0 Å². The number of ether oxygens (including phenoxy) is 1. The molecule has 0 aliphatic carbocycles. The van der Waals surface area contributed by atoms with E-state index in [-0.39, 0.29) is 12.5 Å². The van der Waals surface area contributed by atoms with E-state index >= 15 is 0 Å². The summed E-state index contributed by atoms with van der Waals surface area (Å²) in [6, 6.07) is 12.9. The van der Waals surface area contributed by atoms with E-state index in [4.69, 9.17) is 16.3 Å². The van der Waals surface area contributed by atoms with E-state index in [9.17, 15) is 4.79 Å². The molecule has 2 aromatic carbocycles. The Bertz CT molecular complexity index is 677. The van der Waals surface area contributed by atoms with E-state index in [2.05, 4.69) is 21.2 Å². The Morgan fingerprint density at radius 1 is 1.26 bits per heavy atom. The molecule has 0 radical (unpaired) electrons. The fourth-order valence-corrected chi connectivity index (χ4v) is 2.66. The van der Waals surface area contributed by atoms with Gasteiger partial charge < -0.3 is 10.1 Å². The largest absolute Gasteiger partial charge is 0.496 e. The average Bonchev–Trinajstić information content (AvgIpc) is 2.49. The van der Waals surface area contributed by atoms with Gasteiger partial charge in [-0.3, -0.25) is 9.69 Å². The van der Waals surface area contributed by atoms with Gasteiger partial charge in [0.15, 0.2) is 0 Å². The maximum absolute atomic E-state index is 12.1. The molecule has 0 unspecified atom stereocenters. The molecule has 0 aliphatic heterocycles. The molecule has 0 fully saturated rings. The summed E-state index contributed by atoms with van der Waals surface area (Å²) in [5, 5.41) is 3.51. The highest BCUT2D eigenvalue weighted by molar-refractivity contribution is 9.10. The smallest absolute Gasteiger partial charge is 0.238 e. The van der Waals surface area contributed by atoms with Crippen LogP contribution in [0, 0.1) is 0 Å². The summed E-state index contributed by atoms with van der Waals surface area (Å²) in [6.45, 7) is 0.837. The summed E-state index contributed by atoms with van der Waals surface area (Å²) in [6.07, 6.45) is 0. The van der Waals surface area contributed by atoms with Crippen molar-refractivity contribution in [1.29, 1.82) is 0 Å². The summed E-state index contributed by atoms with van der Waals surface area (Å²) >= 11 is 9.39. The van der Waals surface area contributed by atoms with E-state index in [1.807, 2.05) is 48.3 Å². The Morgan fingerprint density at radius 2 is 1.96 bits per heavy atom. The monoisotopic (exact) mass is 396 g/mol. The highest BCUT2D eigenvalue weighted by Crippen LogP contribution is 2.23. The fourth-order valence-electron chi connectivity index (χ4n) is 2.20. The molecule has 0 spiro atoms. The Labute approximate surface area is 149 Å². The van der Waals surface area contributed by atoms with Crippen LogP contribution in [0.15, 0.2) is 46.9 Å². The van der Waals surface area contributed by atoms with Gasteiger partial charge in [0.2, 0.25) is 5.91 Å². The molecule has 122 valence electrons. The van der Waals surface area contributed by atoms with E-state index in [0.29, 0.717) is 11.6 Å². The van der Waals surface area contributed by atoms with Crippen molar-refractivity contribution < 1.29 is 9.53 Å². The van der Waals surface area contributed by atoms with Gasteiger partial charge >= 0.3 is 0 Å². The van der Waals surface area contributed by atoms with Gasteiger partial charge in [0, 0.05) is 27.3 Å². The molecule has 2 rings (SSSR count). The number of likely N-dealkylation sites (N-methyl/N-ethyl adjacent to an activating group) is 1. The minimum absolute atomic E-state index is 0.0733. The molecule has 0 bridgehead atoms. The summed E-state index contributed by atoms with van der Waals surface area (Å²) in [5.41, 5.74) is 1.71. The number of methoxy groups -OCH3 is 1. The SMILES string of the molecule is COc1ccc(Cl)cc1CN(C)CC(=O)Nc1ccc(Br)cc1. The first-order valence-electron chi connectivity index (χ1n) is 7.04. The quantitative estimate of drug-likeness (QED) is 0.795. The number of nitrogens with zero attached hydrogens (tertiary/aromatic N) is 1. The van der Waals surface area contributed by atoms with Crippen molar-refractivity contribution in [3.05, 3.63) is 57.5 Å². The third kappa shape index (κ3) is 5.53. The van der Waals surface area contributed by atoms with Crippen LogP contribution in [-0.4, -0.2) is 31.5 Å². The summed E-state index contributed by atoms with van der Waals surface area (Å²) < 4.78 is 6.30. The number of halogens is 2. The number of carbonyl (C=O) groups is 1. The second kappa shape index (κ2) is 8.34. The van der Waals surface area contributed by atoms with Gasteiger partial charge in [-0.25, -0.2) is 0 Å². The van der Waals surface area contributed by atoms with Gasteiger partial charge in [-0.15, -0.1) is 0 Å². The minimum Gasteiger partial charge on any atom is -0.496 e. The van der Waals surface area contributed by atoms with Crippen LogP contribution < -0.4 is 10.1 Å². The average molecular weight is 398 g/mol. The lowest BCUT2D eigenvalue weighted by Gasteiger charge is -2.18. The predicted molar refractivity (Wildman–Crippen MR) is 97.1 cm³/mol. The molecule has 4 nitrogen and oxygen atoms in total. The lowest BCUT2D eigenvalue weighted by molar-refractivity contribution is -0.117. The van der Waals surface area contributed by atoms with Crippen LogP contribution in [-0.2, 0) is 11.3 Å². The zero-order chi connectivity index (χ0) is 16.8. The van der Waals surface area contributed by atoms with E-state index in [1.54, 1.807) is 13.2 Å². The van der Waals surface area contributed by atoms with Gasteiger partial charge in [0.05, 0.1) is 13.7 Å². The van der Waals surface area contributed by atoms with E-state index in [0.717, 1.165) is 21.5 Å². The molecular formula is C17H18BrClN2O2. The zero-order valence-electron chi connectivity index (χ0n) is 13.0. The van der Waals surface area contributed by atoms with Crippen LogP contribution in [0.3, 0.4) is 0 Å². The molecular weight excluding hydrogens is 380 g/mol.